The average Bonchev–Trinajstić information content (AvgIpc) is 2.76. The Morgan fingerprint density at radius 2 is 1.65 bits per heavy atom. The summed E-state index contributed by atoms with van der Waals surface area (Å²) in [6.07, 6.45) is 0. The van der Waals surface area contributed by atoms with E-state index in [-0.39, 0.29) is 45.3 Å². The number of anilines is 1. The number of nitrogens with zero attached hydrogens (tertiary/aromatic N) is 2. The highest BCUT2D eigenvalue weighted by Crippen LogP contribution is 2.24. The summed E-state index contributed by atoms with van der Waals surface area (Å²) in [5.41, 5.74) is -0.0376. The first kappa shape index (κ1) is 26.8. The number of benzene rings is 2. The van der Waals surface area contributed by atoms with Crippen LogP contribution in [-0.4, -0.2) is 47.3 Å². The first-order valence-corrected chi connectivity index (χ1v) is 11.2. The zero-order valence-electron chi connectivity index (χ0n) is 19.5. The number of amides is 2. The summed E-state index contributed by atoms with van der Waals surface area (Å²) in [6.45, 7) is 8.69. The number of para-hydroxylation sites is 1. The number of carbonyl (C=O) groups excluding carboxylic acids is 3. The second-order valence-corrected chi connectivity index (χ2v) is 8.99. The van der Waals surface area contributed by atoms with Gasteiger partial charge in [-0.3, -0.25) is 19.7 Å². The molecule has 0 fully saturated rings. The summed E-state index contributed by atoms with van der Waals surface area (Å²) in [7, 11) is 0. The monoisotopic (exact) mass is 489 g/mol. The number of carbonyl (C=O) groups is 3. The van der Waals surface area contributed by atoms with E-state index in [1.165, 1.54) is 18.2 Å². The minimum Gasteiger partial charge on any atom is -0.452 e. The number of esters is 1. The molecule has 0 aliphatic heterocycles. The lowest BCUT2D eigenvalue weighted by Crippen LogP contribution is -2.39. The predicted molar refractivity (Wildman–Crippen MR) is 129 cm³/mol. The zero-order valence-corrected chi connectivity index (χ0v) is 20.3. The van der Waals surface area contributed by atoms with Crippen molar-refractivity contribution in [2.45, 2.75) is 27.7 Å². The molecule has 0 spiro atoms. The molecule has 10 heteroatoms. The Hall–Kier alpha value is -3.46. The second-order valence-electron chi connectivity index (χ2n) is 8.58. The topological polar surface area (TPSA) is 119 Å². The van der Waals surface area contributed by atoms with Gasteiger partial charge in [0, 0.05) is 25.2 Å². The number of halogens is 1. The third kappa shape index (κ3) is 7.55. The van der Waals surface area contributed by atoms with Crippen LogP contribution in [0.3, 0.4) is 0 Å². The average molecular weight is 490 g/mol. The number of hydrogen-bond donors (Lipinski definition) is 1. The molecule has 2 aromatic rings. The highest BCUT2D eigenvalue weighted by molar-refractivity contribution is 6.34. The van der Waals surface area contributed by atoms with Crippen LogP contribution in [0.15, 0.2) is 42.5 Å². The van der Waals surface area contributed by atoms with Gasteiger partial charge in [0.15, 0.2) is 6.61 Å². The van der Waals surface area contributed by atoms with E-state index in [0.717, 1.165) is 12.1 Å². The van der Waals surface area contributed by atoms with Crippen molar-refractivity contribution in [3.8, 4) is 0 Å². The number of non-ortho nitro benzene ring substituents is 1. The summed E-state index contributed by atoms with van der Waals surface area (Å²) in [5, 5.41) is 13.3. The molecule has 2 rings (SSSR count). The van der Waals surface area contributed by atoms with E-state index < -0.39 is 23.4 Å². The lowest BCUT2D eigenvalue weighted by Gasteiger charge is -2.26. The first-order chi connectivity index (χ1) is 16.0. The van der Waals surface area contributed by atoms with E-state index in [1.807, 2.05) is 27.7 Å². The van der Waals surface area contributed by atoms with E-state index in [2.05, 4.69) is 5.32 Å². The lowest BCUT2D eigenvalue weighted by molar-refractivity contribution is -0.384. The maximum absolute atomic E-state index is 12.7. The molecule has 0 bridgehead atoms. The molecule has 0 radical (unpaired) electrons. The SMILES string of the molecule is CC(C)CN(CC(C)C)C(=O)COC(=O)c1ccccc1NC(=O)c1ccc([N+](=O)[O-])cc1Cl. The van der Waals surface area contributed by atoms with Crippen LogP contribution in [0.2, 0.25) is 5.02 Å². The van der Waals surface area contributed by atoms with Crippen molar-refractivity contribution in [1.82, 2.24) is 4.90 Å². The normalized spacial score (nSPS) is 10.8. The summed E-state index contributed by atoms with van der Waals surface area (Å²) >= 11 is 6.02. The van der Waals surface area contributed by atoms with Gasteiger partial charge in [0.2, 0.25) is 0 Å². The standard InChI is InChI=1S/C24H28ClN3O6/c1-15(2)12-27(13-16(3)4)22(29)14-34-24(31)19-7-5-6-8-21(19)26-23(30)18-10-9-17(28(32)33)11-20(18)25/h5-11,15-16H,12-14H2,1-4H3,(H,26,30). The van der Waals surface area contributed by atoms with E-state index in [0.29, 0.717) is 13.1 Å². The van der Waals surface area contributed by atoms with Gasteiger partial charge in [-0.2, -0.15) is 0 Å². The van der Waals surface area contributed by atoms with Crippen LogP contribution in [-0.2, 0) is 9.53 Å². The highest BCUT2D eigenvalue weighted by Gasteiger charge is 2.21. The molecule has 0 saturated carbocycles. The third-order valence-corrected chi connectivity index (χ3v) is 4.97. The van der Waals surface area contributed by atoms with E-state index in [9.17, 15) is 24.5 Å². The lowest BCUT2D eigenvalue weighted by atomic mass is 10.1. The molecule has 0 aliphatic carbocycles. The van der Waals surface area contributed by atoms with Crippen LogP contribution in [0.5, 0.6) is 0 Å². The first-order valence-electron chi connectivity index (χ1n) is 10.8. The molecule has 1 N–H and O–H groups in total. The van der Waals surface area contributed by atoms with Gasteiger partial charge >= 0.3 is 5.97 Å². The number of ether oxygens (including phenoxy) is 1. The van der Waals surface area contributed by atoms with Gasteiger partial charge in [0.05, 0.1) is 26.8 Å². The molecule has 182 valence electrons. The van der Waals surface area contributed by atoms with Gasteiger partial charge in [-0.15, -0.1) is 0 Å². The Kier molecular flexibility index (Phi) is 9.56. The molecule has 0 unspecified atom stereocenters. The van der Waals surface area contributed by atoms with E-state index >= 15 is 0 Å². The van der Waals surface area contributed by atoms with Crippen LogP contribution in [0, 0.1) is 22.0 Å². The van der Waals surface area contributed by atoms with Gasteiger partial charge in [0.1, 0.15) is 0 Å². The van der Waals surface area contributed by atoms with Crippen molar-refractivity contribution >= 4 is 40.8 Å². The molecule has 0 heterocycles. The largest absolute Gasteiger partial charge is 0.452 e. The molecule has 2 aromatic carbocycles. The number of rotatable bonds is 10. The number of hydrogen-bond acceptors (Lipinski definition) is 6. The van der Waals surface area contributed by atoms with Crippen molar-refractivity contribution in [1.29, 1.82) is 0 Å². The Balaban J connectivity index is 2.12. The minimum absolute atomic E-state index is 0.00336. The van der Waals surface area contributed by atoms with Crippen LogP contribution in [0.25, 0.3) is 0 Å². The maximum Gasteiger partial charge on any atom is 0.340 e. The molecule has 34 heavy (non-hydrogen) atoms. The Bertz CT molecular complexity index is 1060. The van der Waals surface area contributed by atoms with Gasteiger partial charge in [-0.1, -0.05) is 51.4 Å². The van der Waals surface area contributed by atoms with Crippen molar-refractivity contribution in [3.05, 3.63) is 68.7 Å². The van der Waals surface area contributed by atoms with Gasteiger partial charge in [-0.05, 0) is 30.0 Å². The number of nitrogens with one attached hydrogen (secondary N) is 1. The molecule has 0 aromatic heterocycles. The van der Waals surface area contributed by atoms with Crippen LogP contribution >= 0.6 is 11.6 Å². The minimum atomic E-state index is -0.770. The molecule has 0 aliphatic rings. The van der Waals surface area contributed by atoms with Gasteiger partial charge in [-0.25, -0.2) is 4.79 Å². The van der Waals surface area contributed by atoms with Crippen molar-refractivity contribution in [3.63, 3.8) is 0 Å². The Labute approximate surface area is 203 Å². The smallest absolute Gasteiger partial charge is 0.340 e. The number of nitro benzene ring substituents is 1. The van der Waals surface area contributed by atoms with Crippen LogP contribution < -0.4 is 5.32 Å². The van der Waals surface area contributed by atoms with E-state index in [4.69, 9.17) is 16.3 Å². The van der Waals surface area contributed by atoms with Crippen LogP contribution in [0.4, 0.5) is 11.4 Å². The summed E-state index contributed by atoms with van der Waals surface area (Å²) in [5.74, 6) is -1.19. The second kappa shape index (κ2) is 12.1. The molecular weight excluding hydrogens is 462 g/mol. The van der Waals surface area contributed by atoms with Gasteiger partial charge < -0.3 is 15.0 Å². The summed E-state index contributed by atoms with van der Waals surface area (Å²) < 4.78 is 5.25. The highest BCUT2D eigenvalue weighted by atomic mass is 35.5. The fourth-order valence-electron chi connectivity index (χ4n) is 3.22. The fraction of sp³-hybridized carbons (Fsp3) is 0.375. The molecule has 0 saturated heterocycles. The molecular formula is C24H28ClN3O6. The molecule has 2 amide bonds. The van der Waals surface area contributed by atoms with Crippen LogP contribution in [0.1, 0.15) is 48.4 Å². The Morgan fingerprint density at radius 1 is 1.03 bits per heavy atom. The Morgan fingerprint density at radius 3 is 2.21 bits per heavy atom. The van der Waals surface area contributed by atoms with Crippen molar-refractivity contribution in [2.24, 2.45) is 11.8 Å². The summed E-state index contributed by atoms with van der Waals surface area (Å²) in [6, 6.07) is 9.63. The van der Waals surface area contributed by atoms with Gasteiger partial charge in [0.25, 0.3) is 17.5 Å². The predicted octanol–water partition coefficient (Wildman–Crippen LogP) is 4.80. The molecule has 0 atom stereocenters. The molecule has 9 nitrogen and oxygen atoms in total. The van der Waals surface area contributed by atoms with Crippen molar-refractivity contribution < 1.29 is 24.0 Å². The fourth-order valence-corrected chi connectivity index (χ4v) is 3.48. The van der Waals surface area contributed by atoms with Crippen molar-refractivity contribution in [2.75, 3.05) is 25.0 Å². The summed E-state index contributed by atoms with van der Waals surface area (Å²) in [4.78, 5) is 49.9. The zero-order chi connectivity index (χ0) is 25.4. The number of nitro groups is 1. The third-order valence-electron chi connectivity index (χ3n) is 4.65. The van der Waals surface area contributed by atoms with E-state index in [1.54, 1.807) is 17.0 Å². The maximum atomic E-state index is 12.7. The quantitative estimate of drug-likeness (QED) is 0.291.